The van der Waals surface area contributed by atoms with Gasteiger partial charge in [-0.15, -0.1) is 0 Å². The zero-order valence-electron chi connectivity index (χ0n) is 13.1. The number of piperazine rings is 1. The van der Waals surface area contributed by atoms with Crippen LogP contribution in [0.3, 0.4) is 0 Å². The largest absolute Gasteiger partial charge is 0.367 e. The second-order valence-corrected chi connectivity index (χ2v) is 6.75. The molecule has 2 fully saturated rings. The van der Waals surface area contributed by atoms with Crippen molar-refractivity contribution < 1.29 is 4.79 Å². The van der Waals surface area contributed by atoms with E-state index in [2.05, 4.69) is 17.1 Å². The van der Waals surface area contributed by atoms with Gasteiger partial charge in [-0.25, -0.2) is 0 Å². The molecular weight excluding hydrogens is 298 g/mol. The van der Waals surface area contributed by atoms with Crippen molar-refractivity contribution in [2.24, 2.45) is 5.92 Å². The number of halogens is 1. The molecule has 2 atom stereocenters. The fraction of sp³-hybridized carbons (Fsp3) is 0.588. The van der Waals surface area contributed by atoms with E-state index < -0.39 is 0 Å². The normalized spacial score (nSPS) is 26.1. The number of hydrogen-bond donors (Lipinski definition) is 1. The Balaban J connectivity index is 1.57. The van der Waals surface area contributed by atoms with Gasteiger partial charge in [0, 0.05) is 38.1 Å². The molecule has 0 radical (unpaired) electrons. The minimum Gasteiger partial charge on any atom is -0.367 e. The van der Waals surface area contributed by atoms with Crippen molar-refractivity contribution in [1.82, 2.24) is 10.2 Å². The Morgan fingerprint density at radius 2 is 1.95 bits per heavy atom. The van der Waals surface area contributed by atoms with E-state index in [0.717, 1.165) is 56.3 Å². The first kappa shape index (κ1) is 15.6. The van der Waals surface area contributed by atoms with E-state index in [-0.39, 0.29) is 5.92 Å². The Morgan fingerprint density at radius 3 is 2.64 bits per heavy atom. The van der Waals surface area contributed by atoms with E-state index in [1.54, 1.807) is 0 Å². The van der Waals surface area contributed by atoms with Gasteiger partial charge < -0.3 is 15.1 Å². The van der Waals surface area contributed by atoms with Crippen molar-refractivity contribution >= 4 is 23.2 Å². The van der Waals surface area contributed by atoms with Gasteiger partial charge in [-0.05, 0) is 38.4 Å². The van der Waals surface area contributed by atoms with Crippen LogP contribution in [0.5, 0.6) is 0 Å². The summed E-state index contributed by atoms with van der Waals surface area (Å²) >= 11 is 6.27. The third-order valence-corrected chi connectivity index (χ3v) is 5.08. The summed E-state index contributed by atoms with van der Waals surface area (Å²) in [6, 6.07) is 8.38. The van der Waals surface area contributed by atoms with Crippen LogP contribution >= 0.6 is 11.6 Å². The second-order valence-electron chi connectivity index (χ2n) is 6.34. The molecule has 2 aliphatic rings. The minimum absolute atomic E-state index is 0.197. The Labute approximate surface area is 137 Å². The molecule has 0 spiro atoms. The van der Waals surface area contributed by atoms with E-state index in [0.29, 0.717) is 11.9 Å². The SMILES string of the molecule is C[C@H]1C[C@@H](C(=O)N2CCN(c3ccccc3Cl)CC2)CCN1. The van der Waals surface area contributed by atoms with Crippen LogP contribution in [0, 0.1) is 5.92 Å². The van der Waals surface area contributed by atoms with Crippen molar-refractivity contribution in [3.8, 4) is 0 Å². The number of nitrogens with one attached hydrogen (secondary N) is 1. The molecule has 0 aromatic heterocycles. The highest BCUT2D eigenvalue weighted by molar-refractivity contribution is 6.33. The first-order valence-corrected chi connectivity index (χ1v) is 8.54. The van der Waals surface area contributed by atoms with Gasteiger partial charge in [0.15, 0.2) is 0 Å². The maximum Gasteiger partial charge on any atom is 0.225 e. The minimum atomic E-state index is 0.197. The van der Waals surface area contributed by atoms with Crippen LogP contribution in [0.2, 0.25) is 5.02 Å². The highest BCUT2D eigenvalue weighted by Gasteiger charge is 2.30. The lowest BCUT2D eigenvalue weighted by atomic mass is 9.92. The van der Waals surface area contributed by atoms with Crippen molar-refractivity contribution in [2.45, 2.75) is 25.8 Å². The smallest absolute Gasteiger partial charge is 0.225 e. The van der Waals surface area contributed by atoms with Crippen LogP contribution in [0.4, 0.5) is 5.69 Å². The molecule has 1 N–H and O–H groups in total. The number of benzene rings is 1. The summed E-state index contributed by atoms with van der Waals surface area (Å²) in [5, 5.41) is 4.20. The van der Waals surface area contributed by atoms with Gasteiger partial charge >= 0.3 is 0 Å². The van der Waals surface area contributed by atoms with E-state index in [1.165, 1.54) is 0 Å². The predicted octanol–water partition coefficient (Wildman–Crippen LogP) is 2.38. The number of carbonyl (C=O) groups excluding carboxylic acids is 1. The Hall–Kier alpha value is -1.26. The van der Waals surface area contributed by atoms with Crippen molar-refractivity contribution in [2.75, 3.05) is 37.6 Å². The summed E-state index contributed by atoms with van der Waals surface area (Å²) in [4.78, 5) is 17.0. The zero-order valence-corrected chi connectivity index (χ0v) is 13.9. The third-order valence-electron chi connectivity index (χ3n) is 4.76. The van der Waals surface area contributed by atoms with Crippen LogP contribution < -0.4 is 10.2 Å². The lowest BCUT2D eigenvalue weighted by molar-refractivity contribution is -0.137. The Morgan fingerprint density at radius 1 is 1.23 bits per heavy atom. The molecule has 0 unspecified atom stereocenters. The number of rotatable bonds is 2. The van der Waals surface area contributed by atoms with Gasteiger partial charge in [0.05, 0.1) is 10.7 Å². The molecule has 0 aliphatic carbocycles. The van der Waals surface area contributed by atoms with Gasteiger partial charge in [0.2, 0.25) is 5.91 Å². The van der Waals surface area contributed by atoms with E-state index in [9.17, 15) is 4.79 Å². The number of anilines is 1. The number of piperidine rings is 1. The van der Waals surface area contributed by atoms with Crippen LogP contribution in [0.15, 0.2) is 24.3 Å². The fourth-order valence-corrected chi connectivity index (χ4v) is 3.75. The maximum absolute atomic E-state index is 12.7. The predicted molar refractivity (Wildman–Crippen MR) is 90.4 cm³/mol. The molecule has 0 saturated carbocycles. The molecule has 1 amide bonds. The topological polar surface area (TPSA) is 35.6 Å². The molecule has 0 bridgehead atoms. The Kier molecular flexibility index (Phi) is 4.89. The van der Waals surface area contributed by atoms with Crippen LogP contribution in [0.1, 0.15) is 19.8 Å². The Bertz CT molecular complexity index is 528. The zero-order chi connectivity index (χ0) is 15.5. The number of hydrogen-bond acceptors (Lipinski definition) is 3. The fourth-order valence-electron chi connectivity index (χ4n) is 3.49. The quantitative estimate of drug-likeness (QED) is 0.908. The molecule has 1 aromatic rings. The molecule has 22 heavy (non-hydrogen) atoms. The summed E-state index contributed by atoms with van der Waals surface area (Å²) < 4.78 is 0. The van der Waals surface area contributed by atoms with Gasteiger partial charge in [0.1, 0.15) is 0 Å². The van der Waals surface area contributed by atoms with Gasteiger partial charge in [-0.1, -0.05) is 23.7 Å². The lowest BCUT2D eigenvalue weighted by Gasteiger charge is -2.39. The number of carbonyl (C=O) groups is 1. The van der Waals surface area contributed by atoms with Crippen LogP contribution in [-0.4, -0.2) is 49.6 Å². The number of amides is 1. The van der Waals surface area contributed by atoms with Crippen molar-refractivity contribution in [3.63, 3.8) is 0 Å². The van der Waals surface area contributed by atoms with Gasteiger partial charge in [0.25, 0.3) is 0 Å². The third kappa shape index (κ3) is 3.39. The van der Waals surface area contributed by atoms with E-state index >= 15 is 0 Å². The van der Waals surface area contributed by atoms with Crippen molar-refractivity contribution in [1.29, 1.82) is 0 Å². The summed E-state index contributed by atoms with van der Waals surface area (Å²) in [7, 11) is 0. The van der Waals surface area contributed by atoms with E-state index in [1.807, 2.05) is 29.2 Å². The van der Waals surface area contributed by atoms with Crippen LogP contribution in [-0.2, 0) is 4.79 Å². The summed E-state index contributed by atoms with van der Waals surface area (Å²) in [6.45, 7) is 6.42. The molecule has 4 nitrogen and oxygen atoms in total. The molecule has 2 heterocycles. The molecule has 3 rings (SSSR count). The maximum atomic E-state index is 12.7. The van der Waals surface area contributed by atoms with Crippen molar-refractivity contribution in [3.05, 3.63) is 29.3 Å². The first-order valence-electron chi connectivity index (χ1n) is 8.17. The van der Waals surface area contributed by atoms with Gasteiger partial charge in [-0.2, -0.15) is 0 Å². The summed E-state index contributed by atoms with van der Waals surface area (Å²) in [5.41, 5.74) is 1.08. The van der Waals surface area contributed by atoms with E-state index in [4.69, 9.17) is 11.6 Å². The standard InChI is InChI=1S/C17H24ClN3O/c1-13-12-14(6-7-19-13)17(22)21-10-8-20(9-11-21)16-5-3-2-4-15(16)18/h2-5,13-14,19H,6-12H2,1H3/t13-,14-/m0/s1. The molecule has 120 valence electrons. The molecular formula is C17H24ClN3O. The summed E-state index contributed by atoms with van der Waals surface area (Å²) in [6.07, 6.45) is 1.93. The average Bonchev–Trinajstić information content (AvgIpc) is 2.55. The first-order chi connectivity index (χ1) is 10.6. The molecule has 5 heteroatoms. The number of para-hydroxylation sites is 1. The lowest BCUT2D eigenvalue weighted by Crippen LogP contribution is -2.52. The summed E-state index contributed by atoms with van der Waals surface area (Å²) in [5.74, 6) is 0.537. The second kappa shape index (κ2) is 6.88. The highest BCUT2D eigenvalue weighted by Crippen LogP contribution is 2.27. The highest BCUT2D eigenvalue weighted by atomic mass is 35.5. The van der Waals surface area contributed by atoms with Gasteiger partial charge in [-0.3, -0.25) is 4.79 Å². The molecule has 2 saturated heterocycles. The van der Waals surface area contributed by atoms with Crippen LogP contribution in [0.25, 0.3) is 0 Å². The molecule has 1 aromatic carbocycles. The molecule has 2 aliphatic heterocycles. The number of nitrogens with zero attached hydrogens (tertiary/aromatic N) is 2. The average molecular weight is 322 g/mol. The monoisotopic (exact) mass is 321 g/mol.